The van der Waals surface area contributed by atoms with Gasteiger partial charge in [0.1, 0.15) is 0 Å². The summed E-state index contributed by atoms with van der Waals surface area (Å²) in [4.78, 5) is 4.38. The second kappa shape index (κ2) is 12.8. The zero-order valence-corrected chi connectivity index (χ0v) is 18.7. The smallest absolute Gasteiger partial charge is 0.191 e. The molecule has 1 aromatic rings. The summed E-state index contributed by atoms with van der Waals surface area (Å²) < 4.78 is 5.70. The molecule has 25 heavy (non-hydrogen) atoms. The molecule has 0 saturated heterocycles. The minimum absolute atomic E-state index is 0. The minimum Gasteiger partial charge on any atom is -0.377 e. The Kier molecular flexibility index (Phi) is 11.6. The van der Waals surface area contributed by atoms with Crippen LogP contribution in [0.1, 0.15) is 43.7 Å². The number of hydrogen-bond donors (Lipinski definition) is 2. The van der Waals surface area contributed by atoms with E-state index in [4.69, 9.17) is 4.74 Å². The van der Waals surface area contributed by atoms with Crippen LogP contribution in [-0.2, 0) is 17.9 Å². The summed E-state index contributed by atoms with van der Waals surface area (Å²) in [5.74, 6) is 0.894. The first-order valence-electron chi connectivity index (χ1n) is 8.91. The van der Waals surface area contributed by atoms with Gasteiger partial charge in [0.2, 0.25) is 0 Å². The van der Waals surface area contributed by atoms with Crippen molar-refractivity contribution in [1.82, 2.24) is 10.6 Å². The van der Waals surface area contributed by atoms with E-state index in [2.05, 4.69) is 53.1 Å². The molecule has 0 aliphatic heterocycles. The van der Waals surface area contributed by atoms with Gasteiger partial charge in [-0.05, 0) is 43.1 Å². The van der Waals surface area contributed by atoms with Crippen LogP contribution in [0.5, 0.6) is 0 Å². The van der Waals surface area contributed by atoms with Gasteiger partial charge >= 0.3 is 0 Å². The highest BCUT2D eigenvalue weighted by Gasteiger charge is 2.24. The Morgan fingerprint density at radius 1 is 1.28 bits per heavy atom. The number of halogens is 1. The summed E-state index contributed by atoms with van der Waals surface area (Å²) in [7, 11) is 1.84. The molecular weight excluding hydrogens is 445 g/mol. The first kappa shape index (κ1) is 22.6. The van der Waals surface area contributed by atoms with Crippen molar-refractivity contribution in [3.05, 3.63) is 35.4 Å². The van der Waals surface area contributed by atoms with Crippen molar-refractivity contribution in [1.29, 1.82) is 0 Å². The Hall–Kier alpha value is -0.470. The fourth-order valence-electron chi connectivity index (χ4n) is 3.05. The van der Waals surface area contributed by atoms with Gasteiger partial charge in [0.15, 0.2) is 5.96 Å². The molecule has 2 N–H and O–H groups in total. The molecule has 0 aromatic heterocycles. The third-order valence-electron chi connectivity index (χ3n) is 4.45. The SMILES string of the molecule is CCCOCc1ccccc1CNC(=NC)NC1CCC(SC)C1.I. The molecule has 1 fully saturated rings. The summed E-state index contributed by atoms with van der Waals surface area (Å²) in [5, 5.41) is 7.81. The van der Waals surface area contributed by atoms with Crippen molar-refractivity contribution in [2.45, 2.75) is 57.1 Å². The van der Waals surface area contributed by atoms with Crippen LogP contribution in [-0.4, -0.2) is 37.2 Å². The van der Waals surface area contributed by atoms with Crippen LogP contribution in [0, 0.1) is 0 Å². The fourth-order valence-corrected chi connectivity index (χ4v) is 3.85. The maximum atomic E-state index is 5.70. The van der Waals surface area contributed by atoms with Crippen molar-refractivity contribution in [2.75, 3.05) is 19.9 Å². The van der Waals surface area contributed by atoms with E-state index in [9.17, 15) is 0 Å². The second-order valence-corrected chi connectivity index (χ2v) is 7.40. The van der Waals surface area contributed by atoms with Crippen LogP contribution in [0.2, 0.25) is 0 Å². The van der Waals surface area contributed by atoms with E-state index < -0.39 is 0 Å². The molecule has 0 bridgehead atoms. The van der Waals surface area contributed by atoms with Crippen molar-refractivity contribution >= 4 is 41.7 Å². The summed E-state index contributed by atoms with van der Waals surface area (Å²) in [6.07, 6.45) is 7.01. The molecule has 2 atom stereocenters. The van der Waals surface area contributed by atoms with E-state index in [1.165, 1.54) is 30.4 Å². The van der Waals surface area contributed by atoms with Crippen molar-refractivity contribution in [3.63, 3.8) is 0 Å². The van der Waals surface area contributed by atoms with Gasteiger partial charge in [-0.15, -0.1) is 24.0 Å². The van der Waals surface area contributed by atoms with E-state index >= 15 is 0 Å². The lowest BCUT2D eigenvalue weighted by atomic mass is 10.1. The fraction of sp³-hybridized carbons (Fsp3) is 0.632. The quantitative estimate of drug-likeness (QED) is 0.255. The Bertz CT molecular complexity index is 527. The molecule has 142 valence electrons. The van der Waals surface area contributed by atoms with Crippen molar-refractivity contribution in [2.24, 2.45) is 4.99 Å². The molecule has 4 nitrogen and oxygen atoms in total. The molecular formula is C19H32IN3OS. The van der Waals surface area contributed by atoms with Crippen LogP contribution in [0.3, 0.4) is 0 Å². The van der Waals surface area contributed by atoms with Crippen LogP contribution in [0.4, 0.5) is 0 Å². The maximum Gasteiger partial charge on any atom is 0.191 e. The summed E-state index contributed by atoms with van der Waals surface area (Å²) in [6.45, 7) is 4.39. The van der Waals surface area contributed by atoms with Gasteiger partial charge in [-0.3, -0.25) is 4.99 Å². The van der Waals surface area contributed by atoms with Crippen LogP contribution < -0.4 is 10.6 Å². The molecule has 6 heteroatoms. The zero-order chi connectivity index (χ0) is 17.2. The van der Waals surface area contributed by atoms with E-state index in [-0.39, 0.29) is 24.0 Å². The predicted molar refractivity (Wildman–Crippen MR) is 120 cm³/mol. The molecule has 1 aromatic carbocycles. The molecule has 1 saturated carbocycles. The average Bonchev–Trinajstić information content (AvgIpc) is 3.07. The van der Waals surface area contributed by atoms with Gasteiger partial charge in [0.25, 0.3) is 0 Å². The first-order chi connectivity index (χ1) is 11.8. The number of nitrogens with zero attached hydrogens (tertiary/aromatic N) is 1. The molecule has 0 heterocycles. The van der Waals surface area contributed by atoms with Crippen LogP contribution in [0.25, 0.3) is 0 Å². The summed E-state index contributed by atoms with van der Waals surface area (Å²) in [6, 6.07) is 8.99. The van der Waals surface area contributed by atoms with Gasteiger partial charge in [-0.1, -0.05) is 31.2 Å². The number of rotatable bonds is 8. The zero-order valence-electron chi connectivity index (χ0n) is 15.6. The van der Waals surface area contributed by atoms with Crippen molar-refractivity contribution < 1.29 is 4.74 Å². The molecule has 1 aliphatic carbocycles. The van der Waals surface area contributed by atoms with Gasteiger partial charge in [0, 0.05) is 31.5 Å². The lowest BCUT2D eigenvalue weighted by molar-refractivity contribution is 0.121. The molecule has 2 rings (SSSR count). The number of benzene rings is 1. The summed E-state index contributed by atoms with van der Waals surface area (Å²) >= 11 is 1.98. The predicted octanol–water partition coefficient (Wildman–Crippen LogP) is 4.18. The third-order valence-corrected chi connectivity index (χ3v) is 5.55. The van der Waals surface area contributed by atoms with Gasteiger partial charge < -0.3 is 15.4 Å². The Morgan fingerprint density at radius 3 is 2.68 bits per heavy atom. The summed E-state index contributed by atoms with van der Waals surface area (Å²) in [5.41, 5.74) is 2.52. The van der Waals surface area contributed by atoms with E-state index in [1.807, 2.05) is 18.8 Å². The highest BCUT2D eigenvalue weighted by molar-refractivity contribution is 14.0. The third kappa shape index (κ3) is 7.74. The number of aliphatic imine (C=N–C) groups is 1. The molecule has 0 radical (unpaired) electrons. The Labute approximate surface area is 174 Å². The first-order valence-corrected chi connectivity index (χ1v) is 10.2. The highest BCUT2D eigenvalue weighted by atomic mass is 127. The lowest BCUT2D eigenvalue weighted by Crippen LogP contribution is -2.42. The van der Waals surface area contributed by atoms with Gasteiger partial charge in [-0.2, -0.15) is 11.8 Å². The van der Waals surface area contributed by atoms with E-state index in [0.717, 1.165) is 30.8 Å². The number of guanidine groups is 1. The molecule has 1 aliphatic rings. The Balaban J connectivity index is 0.00000312. The monoisotopic (exact) mass is 477 g/mol. The number of thioether (sulfide) groups is 1. The standard InChI is InChI=1S/C19H31N3OS.HI/c1-4-11-23-14-16-8-6-5-7-15(16)13-21-19(20-2)22-17-9-10-18(12-17)24-3;/h5-8,17-18H,4,9-14H2,1-3H3,(H2,20,21,22);1H. The van der Waals surface area contributed by atoms with E-state index in [1.54, 1.807) is 0 Å². The average molecular weight is 477 g/mol. The highest BCUT2D eigenvalue weighted by Crippen LogP contribution is 2.28. The van der Waals surface area contributed by atoms with E-state index in [0.29, 0.717) is 12.6 Å². The van der Waals surface area contributed by atoms with Crippen molar-refractivity contribution in [3.8, 4) is 0 Å². The number of ether oxygens (including phenoxy) is 1. The largest absolute Gasteiger partial charge is 0.377 e. The second-order valence-electron chi connectivity index (χ2n) is 6.26. The maximum absolute atomic E-state index is 5.70. The van der Waals surface area contributed by atoms with Gasteiger partial charge in [-0.25, -0.2) is 0 Å². The minimum atomic E-state index is 0. The molecule has 0 spiro atoms. The van der Waals surface area contributed by atoms with Crippen LogP contribution >= 0.6 is 35.7 Å². The Morgan fingerprint density at radius 2 is 2.04 bits per heavy atom. The molecule has 0 amide bonds. The number of nitrogens with one attached hydrogen (secondary N) is 2. The normalized spacial score (nSPS) is 20.2. The van der Waals surface area contributed by atoms with Crippen LogP contribution in [0.15, 0.2) is 29.3 Å². The lowest BCUT2D eigenvalue weighted by Gasteiger charge is -2.18. The molecule has 2 unspecified atom stereocenters. The number of hydrogen-bond acceptors (Lipinski definition) is 3. The topological polar surface area (TPSA) is 45.6 Å². The van der Waals surface area contributed by atoms with Gasteiger partial charge in [0.05, 0.1) is 6.61 Å².